The minimum atomic E-state index is -0.0975. The molecule has 1 aliphatic heterocycles. The van der Waals surface area contributed by atoms with Crippen molar-refractivity contribution < 1.29 is 9.59 Å². The van der Waals surface area contributed by atoms with Gasteiger partial charge in [0.15, 0.2) is 0 Å². The van der Waals surface area contributed by atoms with Gasteiger partial charge in [0.2, 0.25) is 5.91 Å². The maximum absolute atomic E-state index is 12.5. The van der Waals surface area contributed by atoms with E-state index in [9.17, 15) is 9.59 Å². The summed E-state index contributed by atoms with van der Waals surface area (Å²) in [4.78, 5) is 28.0. The first-order chi connectivity index (χ1) is 10.0. The smallest absolute Gasteiger partial charge is 0.254 e. The molecule has 1 fully saturated rings. The first-order valence-corrected chi connectivity index (χ1v) is 7.31. The number of amides is 2. The summed E-state index contributed by atoms with van der Waals surface area (Å²) in [6.07, 6.45) is 0. The highest BCUT2D eigenvalue weighted by Gasteiger charge is 2.21. The molecule has 5 nitrogen and oxygen atoms in total. The number of carbonyl (C=O) groups excluding carboxylic acids is 2. The second-order valence-electron chi connectivity index (χ2n) is 5.54. The van der Waals surface area contributed by atoms with E-state index in [4.69, 9.17) is 0 Å². The van der Waals surface area contributed by atoms with E-state index in [0.29, 0.717) is 18.7 Å². The SMILES string of the molecule is Cc1cccc(C(=O)N(C)CC(=O)N2CCNCC2)c1C.Cl. The molecule has 1 aromatic carbocycles. The predicted octanol–water partition coefficient (Wildman–Crippen LogP) is 1.23. The third-order valence-electron chi connectivity index (χ3n) is 4.02. The highest BCUT2D eigenvalue weighted by Crippen LogP contribution is 2.14. The summed E-state index contributed by atoms with van der Waals surface area (Å²) in [5, 5.41) is 3.21. The van der Waals surface area contributed by atoms with Gasteiger partial charge in [-0.3, -0.25) is 9.59 Å². The molecule has 0 aromatic heterocycles. The summed E-state index contributed by atoms with van der Waals surface area (Å²) in [5.41, 5.74) is 2.73. The van der Waals surface area contributed by atoms with Gasteiger partial charge in [0.05, 0.1) is 6.54 Å². The predicted molar refractivity (Wildman–Crippen MR) is 89.6 cm³/mol. The molecule has 1 N–H and O–H groups in total. The van der Waals surface area contributed by atoms with E-state index in [2.05, 4.69) is 5.32 Å². The number of hydrogen-bond donors (Lipinski definition) is 1. The maximum atomic E-state index is 12.5. The maximum Gasteiger partial charge on any atom is 0.254 e. The van der Waals surface area contributed by atoms with E-state index in [1.807, 2.05) is 36.9 Å². The van der Waals surface area contributed by atoms with E-state index >= 15 is 0 Å². The fourth-order valence-electron chi connectivity index (χ4n) is 2.48. The van der Waals surface area contributed by atoms with Crippen LogP contribution in [0.25, 0.3) is 0 Å². The molecule has 0 unspecified atom stereocenters. The average Bonchev–Trinajstić information content (AvgIpc) is 2.50. The Hall–Kier alpha value is -1.59. The van der Waals surface area contributed by atoms with Gasteiger partial charge in [0, 0.05) is 38.8 Å². The summed E-state index contributed by atoms with van der Waals surface area (Å²) in [6, 6.07) is 5.68. The molecular weight excluding hydrogens is 302 g/mol. The van der Waals surface area contributed by atoms with E-state index in [1.165, 1.54) is 4.90 Å². The number of rotatable bonds is 3. The van der Waals surface area contributed by atoms with Crippen molar-refractivity contribution in [2.24, 2.45) is 0 Å². The number of benzene rings is 1. The van der Waals surface area contributed by atoms with Crippen molar-refractivity contribution in [1.82, 2.24) is 15.1 Å². The molecule has 1 heterocycles. The number of nitrogens with zero attached hydrogens (tertiary/aromatic N) is 2. The van der Waals surface area contributed by atoms with Gasteiger partial charge in [-0.2, -0.15) is 0 Å². The summed E-state index contributed by atoms with van der Waals surface area (Å²) in [6.45, 7) is 7.12. The third kappa shape index (κ3) is 4.21. The Morgan fingerprint density at radius 3 is 2.50 bits per heavy atom. The first-order valence-electron chi connectivity index (χ1n) is 7.31. The Morgan fingerprint density at radius 2 is 1.86 bits per heavy atom. The number of halogens is 1. The van der Waals surface area contributed by atoms with Crippen LogP contribution in [0, 0.1) is 13.8 Å². The van der Waals surface area contributed by atoms with Gasteiger partial charge < -0.3 is 15.1 Å². The van der Waals surface area contributed by atoms with Gasteiger partial charge in [0.25, 0.3) is 5.91 Å². The third-order valence-corrected chi connectivity index (χ3v) is 4.02. The van der Waals surface area contributed by atoms with Crippen LogP contribution in [0.4, 0.5) is 0 Å². The van der Waals surface area contributed by atoms with Gasteiger partial charge >= 0.3 is 0 Å². The second kappa shape index (κ2) is 8.15. The van der Waals surface area contributed by atoms with Gasteiger partial charge in [-0.15, -0.1) is 12.4 Å². The van der Waals surface area contributed by atoms with E-state index < -0.39 is 0 Å². The summed E-state index contributed by atoms with van der Waals surface area (Å²) in [5.74, 6) is -0.0858. The monoisotopic (exact) mass is 325 g/mol. The zero-order chi connectivity index (χ0) is 15.4. The van der Waals surface area contributed by atoms with Crippen LogP contribution in [0.15, 0.2) is 18.2 Å². The summed E-state index contributed by atoms with van der Waals surface area (Å²) >= 11 is 0. The molecule has 0 atom stereocenters. The average molecular weight is 326 g/mol. The highest BCUT2D eigenvalue weighted by molar-refractivity contribution is 5.97. The molecule has 2 rings (SSSR count). The number of aryl methyl sites for hydroxylation is 1. The Balaban J connectivity index is 0.00000242. The molecule has 22 heavy (non-hydrogen) atoms. The summed E-state index contributed by atoms with van der Waals surface area (Å²) in [7, 11) is 1.68. The van der Waals surface area contributed by atoms with Crippen molar-refractivity contribution >= 4 is 24.2 Å². The van der Waals surface area contributed by atoms with Crippen LogP contribution in [0.5, 0.6) is 0 Å². The second-order valence-corrected chi connectivity index (χ2v) is 5.54. The molecule has 0 radical (unpaired) electrons. The topological polar surface area (TPSA) is 52.7 Å². The summed E-state index contributed by atoms with van der Waals surface area (Å²) < 4.78 is 0. The number of piperazine rings is 1. The Labute approximate surface area is 138 Å². The van der Waals surface area contributed by atoms with Crippen molar-refractivity contribution in [3.63, 3.8) is 0 Å². The molecule has 2 amide bonds. The van der Waals surface area contributed by atoms with Gasteiger partial charge in [-0.25, -0.2) is 0 Å². The molecule has 6 heteroatoms. The first kappa shape index (κ1) is 18.5. The fraction of sp³-hybridized carbons (Fsp3) is 0.500. The minimum absolute atomic E-state index is 0. The van der Waals surface area contributed by atoms with Gasteiger partial charge in [-0.05, 0) is 31.0 Å². The fourth-order valence-corrected chi connectivity index (χ4v) is 2.48. The van der Waals surface area contributed by atoms with Crippen LogP contribution in [0.1, 0.15) is 21.5 Å². The normalized spacial score (nSPS) is 14.2. The molecule has 0 saturated carbocycles. The Kier molecular flexibility index (Phi) is 6.84. The molecule has 0 spiro atoms. The molecule has 0 bridgehead atoms. The minimum Gasteiger partial charge on any atom is -0.339 e. The van der Waals surface area contributed by atoms with E-state index in [-0.39, 0.29) is 30.8 Å². The van der Waals surface area contributed by atoms with Crippen LogP contribution in [0.3, 0.4) is 0 Å². The molecule has 122 valence electrons. The standard InChI is InChI=1S/C16H23N3O2.ClH/c1-12-5-4-6-14(13(12)2)16(21)18(3)11-15(20)19-9-7-17-8-10-19;/h4-6,17H,7-11H2,1-3H3;1H. The lowest BCUT2D eigenvalue weighted by molar-refractivity contribution is -0.132. The molecule has 0 aliphatic carbocycles. The van der Waals surface area contributed by atoms with Crippen LogP contribution in [-0.2, 0) is 4.79 Å². The van der Waals surface area contributed by atoms with Crippen molar-refractivity contribution in [2.45, 2.75) is 13.8 Å². The lowest BCUT2D eigenvalue weighted by Gasteiger charge is -2.29. The lowest BCUT2D eigenvalue weighted by Crippen LogP contribution is -2.49. The number of likely N-dealkylation sites (N-methyl/N-ethyl adjacent to an activating group) is 1. The van der Waals surface area contributed by atoms with Crippen molar-refractivity contribution in [1.29, 1.82) is 0 Å². The van der Waals surface area contributed by atoms with Crippen LogP contribution in [-0.4, -0.2) is 61.4 Å². The quantitative estimate of drug-likeness (QED) is 0.909. The molecule has 1 saturated heterocycles. The number of carbonyl (C=O) groups is 2. The van der Waals surface area contributed by atoms with Crippen LogP contribution < -0.4 is 5.32 Å². The van der Waals surface area contributed by atoms with Gasteiger partial charge in [-0.1, -0.05) is 12.1 Å². The van der Waals surface area contributed by atoms with Crippen LogP contribution in [0.2, 0.25) is 0 Å². The zero-order valence-electron chi connectivity index (χ0n) is 13.4. The van der Waals surface area contributed by atoms with Crippen molar-refractivity contribution in [2.75, 3.05) is 39.8 Å². The zero-order valence-corrected chi connectivity index (χ0v) is 14.2. The van der Waals surface area contributed by atoms with Crippen molar-refractivity contribution in [3.05, 3.63) is 34.9 Å². The Bertz CT molecular complexity index is 542. The van der Waals surface area contributed by atoms with Crippen LogP contribution >= 0.6 is 12.4 Å². The highest BCUT2D eigenvalue weighted by atomic mass is 35.5. The van der Waals surface area contributed by atoms with E-state index in [0.717, 1.165) is 24.2 Å². The largest absolute Gasteiger partial charge is 0.339 e. The molecule has 1 aliphatic rings. The van der Waals surface area contributed by atoms with E-state index in [1.54, 1.807) is 7.05 Å². The lowest BCUT2D eigenvalue weighted by atomic mass is 10.0. The Morgan fingerprint density at radius 1 is 1.23 bits per heavy atom. The molecular formula is C16H24ClN3O2. The van der Waals surface area contributed by atoms with Crippen molar-refractivity contribution in [3.8, 4) is 0 Å². The molecule has 1 aromatic rings. The number of nitrogens with one attached hydrogen (secondary N) is 1. The van der Waals surface area contributed by atoms with Gasteiger partial charge in [0.1, 0.15) is 0 Å². The number of hydrogen-bond acceptors (Lipinski definition) is 3.